The Morgan fingerprint density at radius 3 is 3.08 bits per heavy atom. The molecule has 1 aliphatic heterocycles. The van der Waals surface area contributed by atoms with Gasteiger partial charge in [0.25, 0.3) is 0 Å². The van der Waals surface area contributed by atoms with Crippen molar-refractivity contribution in [2.45, 2.75) is 18.9 Å². The van der Waals surface area contributed by atoms with E-state index < -0.39 is 0 Å². The third-order valence-electron chi connectivity index (χ3n) is 2.09. The Bertz CT molecular complexity index is 207. The minimum absolute atomic E-state index is 0.0710. The van der Waals surface area contributed by atoms with Gasteiger partial charge < -0.3 is 4.74 Å². The van der Waals surface area contributed by atoms with Gasteiger partial charge in [-0.1, -0.05) is 5.92 Å². The van der Waals surface area contributed by atoms with Crippen molar-refractivity contribution in [2.24, 2.45) is 0 Å². The average Bonchev–Trinajstić information content (AvgIpc) is 2.47. The molecule has 1 heterocycles. The number of likely N-dealkylation sites (N-methyl/N-ethyl adjacent to an activating group) is 1. The number of carbonyl (C=O) groups excluding carboxylic acids is 1. The van der Waals surface area contributed by atoms with Crippen LogP contribution in [-0.2, 0) is 9.53 Å². The zero-order valence-corrected chi connectivity index (χ0v) is 7.25. The molecule has 3 nitrogen and oxygen atoms in total. The first-order valence-electron chi connectivity index (χ1n) is 4.06. The van der Waals surface area contributed by atoms with Gasteiger partial charge in [0, 0.05) is 0 Å². The van der Waals surface area contributed by atoms with E-state index in [0.717, 1.165) is 19.4 Å². The Kier molecular flexibility index (Phi) is 3.12. The minimum Gasteiger partial charge on any atom is -0.451 e. The first kappa shape index (κ1) is 9.08. The van der Waals surface area contributed by atoms with Crippen molar-refractivity contribution in [1.82, 2.24) is 4.90 Å². The minimum atomic E-state index is -0.187. The summed E-state index contributed by atoms with van der Waals surface area (Å²) in [6.45, 7) is 1.05. The molecule has 0 saturated carbocycles. The van der Waals surface area contributed by atoms with Gasteiger partial charge in [-0.25, -0.2) is 0 Å². The molecule has 0 radical (unpaired) electrons. The molecule has 66 valence electrons. The number of terminal acetylenes is 1. The van der Waals surface area contributed by atoms with Crippen LogP contribution in [-0.4, -0.2) is 37.1 Å². The van der Waals surface area contributed by atoms with Crippen LogP contribution in [0.4, 0.5) is 0 Å². The Labute approximate surface area is 72.7 Å². The van der Waals surface area contributed by atoms with Crippen molar-refractivity contribution in [3.63, 3.8) is 0 Å². The third kappa shape index (κ3) is 1.99. The summed E-state index contributed by atoms with van der Waals surface area (Å²) in [6, 6.07) is -0.0710. The SMILES string of the molecule is C#CCOC(=O)C1CCCN1C. The molecule has 0 aromatic heterocycles. The number of ether oxygens (including phenoxy) is 1. The van der Waals surface area contributed by atoms with Crippen LogP contribution >= 0.6 is 0 Å². The lowest BCUT2D eigenvalue weighted by molar-refractivity contribution is -0.146. The van der Waals surface area contributed by atoms with E-state index in [1.165, 1.54) is 0 Å². The summed E-state index contributed by atoms with van der Waals surface area (Å²) < 4.78 is 4.83. The molecule has 0 N–H and O–H groups in total. The van der Waals surface area contributed by atoms with Gasteiger partial charge in [0.15, 0.2) is 6.61 Å². The summed E-state index contributed by atoms with van der Waals surface area (Å²) >= 11 is 0. The largest absolute Gasteiger partial charge is 0.451 e. The molecule has 1 atom stereocenters. The number of esters is 1. The van der Waals surface area contributed by atoms with E-state index in [9.17, 15) is 4.79 Å². The molecule has 0 aromatic rings. The third-order valence-corrected chi connectivity index (χ3v) is 2.09. The highest BCUT2D eigenvalue weighted by atomic mass is 16.5. The summed E-state index contributed by atoms with van der Waals surface area (Å²) in [7, 11) is 1.93. The summed E-state index contributed by atoms with van der Waals surface area (Å²) in [4.78, 5) is 13.3. The second kappa shape index (κ2) is 4.13. The second-order valence-corrected chi connectivity index (χ2v) is 2.95. The van der Waals surface area contributed by atoms with Crippen molar-refractivity contribution in [2.75, 3.05) is 20.2 Å². The summed E-state index contributed by atoms with van der Waals surface area (Å²) in [6.07, 6.45) is 6.92. The maximum atomic E-state index is 11.3. The van der Waals surface area contributed by atoms with Crippen LogP contribution < -0.4 is 0 Å². The molecule has 0 aliphatic carbocycles. The van der Waals surface area contributed by atoms with Crippen molar-refractivity contribution >= 4 is 5.97 Å². The predicted molar refractivity (Wildman–Crippen MR) is 45.4 cm³/mol. The molecule has 0 bridgehead atoms. The average molecular weight is 167 g/mol. The smallest absolute Gasteiger partial charge is 0.324 e. The Balaban J connectivity index is 2.37. The molecule has 1 aliphatic rings. The van der Waals surface area contributed by atoms with E-state index >= 15 is 0 Å². The summed E-state index contributed by atoms with van der Waals surface area (Å²) in [5.41, 5.74) is 0. The zero-order valence-electron chi connectivity index (χ0n) is 7.25. The highest BCUT2D eigenvalue weighted by Gasteiger charge is 2.28. The molecule has 1 fully saturated rings. The molecule has 1 rings (SSSR count). The predicted octanol–water partition coefficient (Wildman–Crippen LogP) is 0.257. The number of rotatable bonds is 2. The topological polar surface area (TPSA) is 29.5 Å². The maximum Gasteiger partial charge on any atom is 0.324 e. The van der Waals surface area contributed by atoms with E-state index in [4.69, 9.17) is 11.2 Å². The van der Waals surface area contributed by atoms with E-state index in [1.807, 2.05) is 11.9 Å². The molecule has 3 heteroatoms. The molecule has 1 saturated heterocycles. The van der Waals surface area contributed by atoms with Gasteiger partial charge in [0.1, 0.15) is 6.04 Å². The van der Waals surface area contributed by atoms with Crippen LogP contribution in [0.5, 0.6) is 0 Å². The summed E-state index contributed by atoms with van der Waals surface area (Å²) in [5.74, 6) is 2.09. The van der Waals surface area contributed by atoms with Crippen LogP contribution in [0, 0.1) is 12.3 Å². The first-order valence-corrected chi connectivity index (χ1v) is 4.06. The van der Waals surface area contributed by atoms with Gasteiger partial charge in [-0.3, -0.25) is 9.69 Å². The zero-order chi connectivity index (χ0) is 8.97. The Morgan fingerprint density at radius 1 is 1.83 bits per heavy atom. The van der Waals surface area contributed by atoms with Crippen LogP contribution in [0.2, 0.25) is 0 Å². The van der Waals surface area contributed by atoms with E-state index in [1.54, 1.807) is 0 Å². The standard InChI is InChI=1S/C9H13NO2/c1-3-7-12-9(11)8-5-4-6-10(8)2/h1,8H,4-7H2,2H3. The van der Waals surface area contributed by atoms with E-state index in [-0.39, 0.29) is 18.6 Å². The molecule has 0 spiro atoms. The molecule has 12 heavy (non-hydrogen) atoms. The lowest BCUT2D eigenvalue weighted by atomic mass is 10.2. The van der Waals surface area contributed by atoms with E-state index in [2.05, 4.69) is 5.92 Å². The number of carbonyl (C=O) groups is 1. The second-order valence-electron chi connectivity index (χ2n) is 2.95. The van der Waals surface area contributed by atoms with Gasteiger partial charge in [0.2, 0.25) is 0 Å². The molecular formula is C9H13NO2. The summed E-state index contributed by atoms with van der Waals surface area (Å²) in [5, 5.41) is 0. The van der Waals surface area contributed by atoms with Gasteiger partial charge >= 0.3 is 5.97 Å². The number of hydrogen-bond donors (Lipinski definition) is 0. The fraction of sp³-hybridized carbons (Fsp3) is 0.667. The Hall–Kier alpha value is -1.01. The van der Waals surface area contributed by atoms with Gasteiger partial charge in [0.05, 0.1) is 0 Å². The molecule has 1 unspecified atom stereocenters. The highest BCUT2D eigenvalue weighted by Crippen LogP contribution is 2.15. The quantitative estimate of drug-likeness (QED) is 0.436. The van der Waals surface area contributed by atoms with Crippen LogP contribution in [0.3, 0.4) is 0 Å². The van der Waals surface area contributed by atoms with Crippen molar-refractivity contribution < 1.29 is 9.53 Å². The lowest BCUT2D eigenvalue weighted by Crippen LogP contribution is -2.34. The van der Waals surface area contributed by atoms with Crippen LogP contribution in [0.25, 0.3) is 0 Å². The van der Waals surface area contributed by atoms with Crippen LogP contribution in [0.15, 0.2) is 0 Å². The number of nitrogens with zero attached hydrogens (tertiary/aromatic N) is 1. The van der Waals surface area contributed by atoms with E-state index in [0.29, 0.717) is 0 Å². The van der Waals surface area contributed by atoms with Crippen molar-refractivity contribution in [3.8, 4) is 12.3 Å². The van der Waals surface area contributed by atoms with Gasteiger partial charge in [-0.15, -0.1) is 6.42 Å². The van der Waals surface area contributed by atoms with Crippen molar-refractivity contribution in [1.29, 1.82) is 0 Å². The lowest BCUT2D eigenvalue weighted by Gasteiger charge is -2.16. The van der Waals surface area contributed by atoms with Gasteiger partial charge in [-0.05, 0) is 26.4 Å². The normalized spacial score (nSPS) is 23.5. The number of hydrogen-bond acceptors (Lipinski definition) is 3. The fourth-order valence-corrected chi connectivity index (χ4v) is 1.42. The monoisotopic (exact) mass is 167 g/mol. The first-order chi connectivity index (χ1) is 5.75. The van der Waals surface area contributed by atoms with Gasteiger partial charge in [-0.2, -0.15) is 0 Å². The van der Waals surface area contributed by atoms with Crippen LogP contribution in [0.1, 0.15) is 12.8 Å². The molecule has 0 aromatic carbocycles. The fourth-order valence-electron chi connectivity index (χ4n) is 1.42. The molecular weight excluding hydrogens is 154 g/mol. The van der Waals surface area contributed by atoms with Crippen molar-refractivity contribution in [3.05, 3.63) is 0 Å². The highest BCUT2D eigenvalue weighted by molar-refractivity contribution is 5.76. The molecule has 0 amide bonds. The number of likely N-dealkylation sites (tertiary alicyclic amines) is 1. The Morgan fingerprint density at radius 2 is 2.58 bits per heavy atom. The maximum absolute atomic E-state index is 11.3.